The Morgan fingerprint density at radius 2 is 2.04 bits per heavy atom. The molecule has 2 aromatic rings. The highest BCUT2D eigenvalue weighted by atomic mass is 32.2. The molecule has 1 aromatic heterocycles. The topological polar surface area (TPSA) is 106 Å². The van der Waals surface area contributed by atoms with Crippen molar-refractivity contribution >= 4 is 23.6 Å². The van der Waals surface area contributed by atoms with Crippen LogP contribution in [-0.4, -0.2) is 47.0 Å². The Hall–Kier alpha value is -2.46. The molecule has 1 saturated heterocycles. The molecule has 1 aromatic carbocycles. The van der Waals surface area contributed by atoms with Crippen molar-refractivity contribution in [3.8, 4) is 0 Å². The molecule has 2 N–H and O–H groups in total. The van der Waals surface area contributed by atoms with Crippen LogP contribution in [0.5, 0.6) is 0 Å². The van der Waals surface area contributed by atoms with E-state index in [1.807, 2.05) is 0 Å². The molecule has 1 fully saturated rings. The van der Waals surface area contributed by atoms with Crippen LogP contribution in [0.2, 0.25) is 0 Å². The van der Waals surface area contributed by atoms with Gasteiger partial charge in [-0.05, 0) is 37.1 Å². The summed E-state index contributed by atoms with van der Waals surface area (Å²) >= 11 is 1.12. The van der Waals surface area contributed by atoms with E-state index >= 15 is 0 Å². The standard InChI is InChI=1S/C17H19FN4O4S/c18-12-5-3-11(4-6-12)16(24)20-9-15-21-22-17(26-15)27-10-14(23)19-8-13-2-1-7-25-13/h3-6,13H,1-2,7-10H2,(H,19,23)(H,20,24)/t13-/m1/s1. The molecule has 1 aliphatic rings. The molecule has 27 heavy (non-hydrogen) atoms. The van der Waals surface area contributed by atoms with E-state index in [1.54, 1.807) is 0 Å². The second-order valence-corrected chi connectivity index (χ2v) is 6.81. The van der Waals surface area contributed by atoms with Gasteiger partial charge in [-0.1, -0.05) is 11.8 Å². The van der Waals surface area contributed by atoms with E-state index in [-0.39, 0.29) is 41.3 Å². The highest BCUT2D eigenvalue weighted by Gasteiger charge is 2.17. The molecule has 3 rings (SSSR count). The smallest absolute Gasteiger partial charge is 0.277 e. The van der Waals surface area contributed by atoms with Crippen molar-refractivity contribution in [2.75, 3.05) is 18.9 Å². The summed E-state index contributed by atoms with van der Waals surface area (Å²) in [6, 6.07) is 5.18. The number of benzene rings is 1. The summed E-state index contributed by atoms with van der Waals surface area (Å²) < 4.78 is 23.7. The second kappa shape index (κ2) is 9.47. The van der Waals surface area contributed by atoms with Gasteiger partial charge in [-0.25, -0.2) is 4.39 Å². The molecule has 0 aliphatic carbocycles. The summed E-state index contributed by atoms with van der Waals surface area (Å²) in [4.78, 5) is 23.8. The number of halogens is 1. The second-order valence-electron chi connectivity index (χ2n) is 5.88. The van der Waals surface area contributed by atoms with Crippen LogP contribution < -0.4 is 10.6 Å². The molecule has 2 amide bonds. The third-order valence-electron chi connectivity index (χ3n) is 3.83. The SMILES string of the molecule is O=C(CSc1nnc(CNC(=O)c2ccc(F)cc2)o1)NC[C@H]1CCCO1. The van der Waals surface area contributed by atoms with Crippen molar-refractivity contribution in [1.82, 2.24) is 20.8 Å². The first-order chi connectivity index (χ1) is 13.1. The minimum absolute atomic E-state index is 0.0367. The number of nitrogens with zero attached hydrogens (tertiary/aromatic N) is 2. The number of hydrogen-bond acceptors (Lipinski definition) is 7. The number of ether oxygens (including phenoxy) is 1. The predicted molar refractivity (Wildman–Crippen MR) is 94.6 cm³/mol. The van der Waals surface area contributed by atoms with Crippen LogP contribution in [0.3, 0.4) is 0 Å². The molecule has 0 radical (unpaired) electrons. The molecular formula is C17H19FN4O4S. The van der Waals surface area contributed by atoms with Gasteiger partial charge in [0.2, 0.25) is 11.8 Å². The van der Waals surface area contributed by atoms with Crippen LogP contribution in [0.15, 0.2) is 33.9 Å². The molecule has 144 valence electrons. The molecule has 1 atom stereocenters. The van der Waals surface area contributed by atoms with Crippen LogP contribution in [0, 0.1) is 5.82 Å². The van der Waals surface area contributed by atoms with Crippen molar-refractivity contribution in [2.45, 2.75) is 30.7 Å². The monoisotopic (exact) mass is 394 g/mol. The Bertz CT molecular complexity index is 777. The zero-order valence-electron chi connectivity index (χ0n) is 14.4. The largest absolute Gasteiger partial charge is 0.414 e. The van der Waals surface area contributed by atoms with Crippen molar-refractivity contribution < 1.29 is 23.1 Å². The summed E-state index contributed by atoms with van der Waals surface area (Å²) in [5.41, 5.74) is 0.327. The van der Waals surface area contributed by atoms with Crippen molar-refractivity contribution in [3.05, 3.63) is 41.5 Å². The Kier molecular flexibility index (Phi) is 6.77. The minimum Gasteiger partial charge on any atom is -0.414 e. The first-order valence-corrected chi connectivity index (χ1v) is 9.46. The fourth-order valence-corrected chi connectivity index (χ4v) is 3.05. The fourth-order valence-electron chi connectivity index (χ4n) is 2.44. The first kappa shape index (κ1) is 19.3. The zero-order valence-corrected chi connectivity index (χ0v) is 15.3. The van der Waals surface area contributed by atoms with E-state index in [2.05, 4.69) is 20.8 Å². The molecule has 8 nitrogen and oxygen atoms in total. The summed E-state index contributed by atoms with van der Waals surface area (Å²) in [5, 5.41) is 13.3. The van der Waals surface area contributed by atoms with Crippen LogP contribution in [0.25, 0.3) is 0 Å². The van der Waals surface area contributed by atoms with Crippen molar-refractivity contribution in [1.29, 1.82) is 0 Å². The van der Waals surface area contributed by atoms with Crippen molar-refractivity contribution in [3.63, 3.8) is 0 Å². The molecule has 0 spiro atoms. The molecular weight excluding hydrogens is 375 g/mol. The van der Waals surface area contributed by atoms with Crippen LogP contribution >= 0.6 is 11.8 Å². The van der Waals surface area contributed by atoms with E-state index < -0.39 is 5.82 Å². The normalized spacial score (nSPS) is 16.3. The fraction of sp³-hybridized carbons (Fsp3) is 0.412. The Morgan fingerprint density at radius 3 is 2.78 bits per heavy atom. The number of carbonyl (C=O) groups excluding carboxylic acids is 2. The summed E-state index contributed by atoms with van der Waals surface area (Å²) in [7, 11) is 0. The Labute approximate surface area is 159 Å². The van der Waals surface area contributed by atoms with Gasteiger partial charge in [-0.3, -0.25) is 9.59 Å². The summed E-state index contributed by atoms with van der Waals surface area (Å²) in [5.74, 6) is -0.565. The summed E-state index contributed by atoms with van der Waals surface area (Å²) in [6.07, 6.45) is 2.08. The highest BCUT2D eigenvalue weighted by molar-refractivity contribution is 7.99. The third-order valence-corrected chi connectivity index (χ3v) is 4.65. The Morgan fingerprint density at radius 1 is 1.22 bits per heavy atom. The van der Waals surface area contributed by atoms with E-state index in [1.165, 1.54) is 24.3 Å². The third kappa shape index (κ3) is 6.04. The minimum atomic E-state index is -0.412. The lowest BCUT2D eigenvalue weighted by molar-refractivity contribution is -0.119. The lowest BCUT2D eigenvalue weighted by atomic mass is 10.2. The van der Waals surface area contributed by atoms with E-state index in [4.69, 9.17) is 9.15 Å². The number of amides is 2. The molecule has 1 aliphatic heterocycles. The lowest BCUT2D eigenvalue weighted by Gasteiger charge is -2.09. The number of nitrogens with one attached hydrogen (secondary N) is 2. The van der Waals surface area contributed by atoms with Gasteiger partial charge in [0.15, 0.2) is 0 Å². The number of hydrogen-bond donors (Lipinski definition) is 2. The Balaban J connectivity index is 1.38. The zero-order chi connectivity index (χ0) is 19.1. The van der Waals surface area contributed by atoms with Crippen LogP contribution in [0.4, 0.5) is 4.39 Å². The molecule has 0 saturated carbocycles. The molecule has 2 heterocycles. The van der Waals surface area contributed by atoms with Crippen LogP contribution in [0.1, 0.15) is 29.1 Å². The van der Waals surface area contributed by atoms with Crippen LogP contribution in [-0.2, 0) is 16.1 Å². The maximum atomic E-state index is 12.9. The van der Waals surface area contributed by atoms with E-state index in [0.717, 1.165) is 31.2 Å². The van der Waals surface area contributed by atoms with Gasteiger partial charge in [0.05, 0.1) is 18.4 Å². The molecule has 0 unspecified atom stereocenters. The lowest BCUT2D eigenvalue weighted by Crippen LogP contribution is -2.32. The summed E-state index contributed by atoms with van der Waals surface area (Å²) in [6.45, 7) is 1.29. The maximum Gasteiger partial charge on any atom is 0.277 e. The first-order valence-electron chi connectivity index (χ1n) is 8.47. The number of carbonyl (C=O) groups is 2. The van der Waals surface area contributed by atoms with Crippen molar-refractivity contribution in [2.24, 2.45) is 0 Å². The number of rotatable bonds is 8. The maximum absolute atomic E-state index is 12.9. The quantitative estimate of drug-likeness (QED) is 0.654. The van der Waals surface area contributed by atoms with Gasteiger partial charge < -0.3 is 19.8 Å². The molecule has 10 heteroatoms. The van der Waals surface area contributed by atoms with Gasteiger partial charge in [0.25, 0.3) is 11.1 Å². The van der Waals surface area contributed by atoms with Gasteiger partial charge in [-0.2, -0.15) is 0 Å². The van der Waals surface area contributed by atoms with E-state index in [9.17, 15) is 14.0 Å². The highest BCUT2D eigenvalue weighted by Crippen LogP contribution is 2.16. The average Bonchev–Trinajstić information content (AvgIpc) is 3.35. The number of aromatic nitrogens is 2. The average molecular weight is 394 g/mol. The van der Waals surface area contributed by atoms with Gasteiger partial charge in [0.1, 0.15) is 5.82 Å². The predicted octanol–water partition coefficient (Wildman–Crippen LogP) is 1.53. The van der Waals surface area contributed by atoms with E-state index in [0.29, 0.717) is 12.1 Å². The number of thioether (sulfide) groups is 1. The van der Waals surface area contributed by atoms with Gasteiger partial charge in [-0.15, -0.1) is 10.2 Å². The van der Waals surface area contributed by atoms with Gasteiger partial charge >= 0.3 is 0 Å². The van der Waals surface area contributed by atoms with Gasteiger partial charge in [0, 0.05) is 18.7 Å². The molecule has 0 bridgehead atoms.